The fraction of sp³-hybridized carbons (Fsp3) is 0.444. The Labute approximate surface area is 152 Å². The Morgan fingerprint density at radius 1 is 1.31 bits per heavy atom. The van der Waals surface area contributed by atoms with Crippen LogP contribution in [-0.4, -0.2) is 64.0 Å². The van der Waals surface area contributed by atoms with Crippen LogP contribution in [0.4, 0.5) is 4.79 Å². The lowest BCUT2D eigenvalue weighted by molar-refractivity contribution is -0.136. The number of nitrogens with one attached hydrogen (secondary N) is 2. The topological polar surface area (TPSA) is 89.1 Å². The molecule has 1 fully saturated rings. The number of hydrogen-bond donors (Lipinski definition) is 2. The van der Waals surface area contributed by atoms with Gasteiger partial charge in [0.2, 0.25) is 0 Å². The third-order valence-electron chi connectivity index (χ3n) is 4.47. The molecular weight excluding hydrogens is 338 g/mol. The highest BCUT2D eigenvalue weighted by atomic mass is 16.5. The maximum absolute atomic E-state index is 12.5. The molecule has 8 heteroatoms. The average molecular weight is 361 g/mol. The summed E-state index contributed by atoms with van der Waals surface area (Å²) in [4.78, 5) is 26.9. The minimum absolute atomic E-state index is 0.353. The molecule has 1 aromatic rings. The van der Waals surface area contributed by atoms with Crippen LogP contribution in [0.15, 0.2) is 35.5 Å². The first-order valence-electron chi connectivity index (χ1n) is 8.45. The van der Waals surface area contributed by atoms with E-state index in [1.165, 1.54) is 7.11 Å². The second-order valence-corrected chi connectivity index (χ2v) is 6.08. The van der Waals surface area contributed by atoms with Crippen LogP contribution in [0.2, 0.25) is 0 Å². The zero-order valence-corrected chi connectivity index (χ0v) is 14.9. The molecule has 0 unspecified atom stereocenters. The standard InChI is InChI=1S/C18H23N3O5/c1-24-13-5-3-4-12(10-13)16-15(17(22)25-2)14(19-18(23)20-16)11-21-6-8-26-9-7-21/h3-5,10,16H,6-9,11H2,1-2H3,(H2,19,20,23)/t16-/m0/s1. The van der Waals surface area contributed by atoms with Crippen molar-refractivity contribution in [3.63, 3.8) is 0 Å². The SMILES string of the molecule is COC(=O)C1=C(CN2CCOCC2)NC(=O)N[C@H]1c1cccc(OC)c1. The van der Waals surface area contributed by atoms with Crippen molar-refractivity contribution >= 4 is 12.0 Å². The predicted octanol–water partition coefficient (Wildman–Crippen LogP) is 0.808. The molecule has 0 spiro atoms. The highest BCUT2D eigenvalue weighted by molar-refractivity contribution is 5.95. The van der Waals surface area contributed by atoms with Gasteiger partial charge in [-0.15, -0.1) is 0 Å². The lowest BCUT2D eigenvalue weighted by Gasteiger charge is -2.33. The van der Waals surface area contributed by atoms with Gasteiger partial charge in [0.1, 0.15) is 5.75 Å². The van der Waals surface area contributed by atoms with Gasteiger partial charge in [0, 0.05) is 25.3 Å². The monoisotopic (exact) mass is 361 g/mol. The first-order valence-corrected chi connectivity index (χ1v) is 8.45. The van der Waals surface area contributed by atoms with Crippen LogP contribution in [0.5, 0.6) is 5.75 Å². The minimum atomic E-state index is -0.609. The predicted molar refractivity (Wildman–Crippen MR) is 93.7 cm³/mol. The van der Waals surface area contributed by atoms with Gasteiger partial charge in [-0.2, -0.15) is 0 Å². The summed E-state index contributed by atoms with van der Waals surface area (Å²) in [6.07, 6.45) is 0. The smallest absolute Gasteiger partial charge is 0.338 e. The second kappa shape index (κ2) is 8.20. The Hall–Kier alpha value is -2.58. The van der Waals surface area contributed by atoms with Gasteiger partial charge < -0.3 is 24.8 Å². The van der Waals surface area contributed by atoms with Crippen molar-refractivity contribution in [3.8, 4) is 5.75 Å². The number of methoxy groups -OCH3 is 2. The molecule has 3 rings (SSSR count). The first-order chi connectivity index (χ1) is 12.6. The van der Waals surface area contributed by atoms with Crippen molar-refractivity contribution in [1.29, 1.82) is 0 Å². The summed E-state index contributed by atoms with van der Waals surface area (Å²) in [7, 11) is 2.90. The second-order valence-electron chi connectivity index (χ2n) is 6.08. The molecule has 2 aliphatic heterocycles. The van der Waals surface area contributed by atoms with Gasteiger partial charge in [0.05, 0.1) is 39.0 Å². The number of nitrogens with zero attached hydrogens (tertiary/aromatic N) is 1. The zero-order valence-electron chi connectivity index (χ0n) is 14.9. The van der Waals surface area contributed by atoms with E-state index in [9.17, 15) is 9.59 Å². The van der Waals surface area contributed by atoms with Crippen LogP contribution in [0.25, 0.3) is 0 Å². The molecule has 140 valence electrons. The third kappa shape index (κ3) is 3.97. The molecule has 1 aromatic carbocycles. The lowest BCUT2D eigenvalue weighted by atomic mass is 9.94. The van der Waals surface area contributed by atoms with Crippen molar-refractivity contribution < 1.29 is 23.8 Å². The van der Waals surface area contributed by atoms with Crippen molar-refractivity contribution in [2.24, 2.45) is 0 Å². The van der Waals surface area contributed by atoms with E-state index in [4.69, 9.17) is 14.2 Å². The largest absolute Gasteiger partial charge is 0.497 e. The summed E-state index contributed by atoms with van der Waals surface area (Å²) in [6, 6.07) is 6.30. The maximum atomic E-state index is 12.5. The molecule has 2 N–H and O–H groups in total. The maximum Gasteiger partial charge on any atom is 0.338 e. The van der Waals surface area contributed by atoms with Crippen LogP contribution in [0.1, 0.15) is 11.6 Å². The van der Waals surface area contributed by atoms with Crippen LogP contribution < -0.4 is 15.4 Å². The Kier molecular flexibility index (Phi) is 5.75. The number of esters is 1. The van der Waals surface area contributed by atoms with Gasteiger partial charge >= 0.3 is 12.0 Å². The number of urea groups is 1. The van der Waals surface area contributed by atoms with E-state index in [1.807, 2.05) is 18.2 Å². The molecule has 1 atom stereocenters. The molecule has 2 aliphatic rings. The van der Waals surface area contributed by atoms with E-state index in [1.54, 1.807) is 13.2 Å². The van der Waals surface area contributed by atoms with E-state index in [0.717, 1.165) is 18.7 Å². The Bertz CT molecular complexity index is 713. The van der Waals surface area contributed by atoms with Gasteiger partial charge in [-0.25, -0.2) is 9.59 Å². The fourth-order valence-corrected chi connectivity index (χ4v) is 3.15. The molecule has 0 bridgehead atoms. The molecule has 26 heavy (non-hydrogen) atoms. The molecule has 0 aromatic heterocycles. The number of morpholine rings is 1. The summed E-state index contributed by atoms with van der Waals surface area (Å²) in [5.74, 6) is 0.169. The number of benzene rings is 1. The van der Waals surface area contributed by atoms with Crippen LogP contribution in [-0.2, 0) is 14.3 Å². The Morgan fingerprint density at radius 3 is 2.77 bits per heavy atom. The van der Waals surface area contributed by atoms with E-state index in [-0.39, 0.29) is 6.03 Å². The zero-order chi connectivity index (χ0) is 18.5. The normalized spacial score (nSPS) is 21.0. The van der Waals surface area contributed by atoms with E-state index < -0.39 is 12.0 Å². The summed E-state index contributed by atoms with van der Waals surface area (Å²) >= 11 is 0. The van der Waals surface area contributed by atoms with Gasteiger partial charge in [0.25, 0.3) is 0 Å². The molecule has 8 nitrogen and oxygen atoms in total. The van der Waals surface area contributed by atoms with Crippen LogP contribution >= 0.6 is 0 Å². The molecule has 0 saturated carbocycles. The summed E-state index contributed by atoms with van der Waals surface area (Å²) in [5.41, 5.74) is 1.70. The number of rotatable bonds is 5. The van der Waals surface area contributed by atoms with E-state index in [2.05, 4.69) is 15.5 Å². The average Bonchev–Trinajstić information content (AvgIpc) is 2.68. The number of ether oxygens (including phenoxy) is 3. The summed E-state index contributed by atoms with van der Waals surface area (Å²) < 4.78 is 15.6. The van der Waals surface area contributed by atoms with Gasteiger partial charge in [0.15, 0.2) is 0 Å². The molecule has 2 heterocycles. The summed E-state index contributed by atoms with van der Waals surface area (Å²) in [5, 5.41) is 5.58. The summed E-state index contributed by atoms with van der Waals surface area (Å²) in [6.45, 7) is 3.19. The molecule has 2 amide bonds. The highest BCUT2D eigenvalue weighted by Crippen LogP contribution is 2.30. The van der Waals surface area contributed by atoms with Crippen molar-refractivity contribution in [2.45, 2.75) is 6.04 Å². The van der Waals surface area contributed by atoms with E-state index >= 15 is 0 Å². The lowest BCUT2D eigenvalue weighted by Crippen LogP contribution is -2.49. The number of carbonyl (C=O) groups excluding carboxylic acids is 2. The Balaban J connectivity index is 1.98. The molecule has 0 aliphatic carbocycles. The molecule has 0 radical (unpaired) electrons. The van der Waals surface area contributed by atoms with Gasteiger partial charge in [-0.05, 0) is 17.7 Å². The van der Waals surface area contributed by atoms with E-state index in [0.29, 0.717) is 36.8 Å². The number of hydrogen-bond acceptors (Lipinski definition) is 6. The minimum Gasteiger partial charge on any atom is -0.497 e. The molecular formula is C18H23N3O5. The third-order valence-corrected chi connectivity index (χ3v) is 4.47. The van der Waals surface area contributed by atoms with Gasteiger partial charge in [-0.1, -0.05) is 12.1 Å². The van der Waals surface area contributed by atoms with Crippen molar-refractivity contribution in [2.75, 3.05) is 47.1 Å². The highest BCUT2D eigenvalue weighted by Gasteiger charge is 2.34. The fourth-order valence-electron chi connectivity index (χ4n) is 3.15. The first kappa shape index (κ1) is 18.2. The van der Waals surface area contributed by atoms with Crippen LogP contribution in [0.3, 0.4) is 0 Å². The van der Waals surface area contributed by atoms with Crippen LogP contribution in [0, 0.1) is 0 Å². The van der Waals surface area contributed by atoms with Crippen molar-refractivity contribution in [1.82, 2.24) is 15.5 Å². The van der Waals surface area contributed by atoms with Gasteiger partial charge in [-0.3, -0.25) is 4.90 Å². The van der Waals surface area contributed by atoms with Crippen molar-refractivity contribution in [3.05, 3.63) is 41.1 Å². The number of amides is 2. The quantitative estimate of drug-likeness (QED) is 0.755. The molecule has 1 saturated heterocycles. The Morgan fingerprint density at radius 2 is 2.08 bits per heavy atom. The number of carbonyl (C=O) groups is 2.